The number of hydrogen-bond acceptors (Lipinski definition) is 6. The molecule has 7 heteroatoms. The van der Waals surface area contributed by atoms with Gasteiger partial charge >= 0.3 is 35.5 Å². The normalized spacial score (nSPS) is 10.7. The Morgan fingerprint density at radius 1 is 1.33 bits per heavy atom. The minimum Gasteiger partial charge on any atom is -0.771 e. The van der Waals surface area contributed by atoms with E-state index in [0.717, 1.165) is 11.8 Å². The average molecular weight is 329 g/mol. The standard InChI is InChI=1S/C14H13NO3S2.Na/c1-2-18-13(17)11(8-15)14(19)20-9-12(16)10-6-4-3-5-7-10;/h3-7,19H,2,9H2,1H3;/q;+1/p-1/b14-11+;. The van der Waals surface area contributed by atoms with E-state index in [-0.39, 0.29) is 57.5 Å². The van der Waals surface area contributed by atoms with E-state index in [1.165, 1.54) is 0 Å². The number of rotatable bonds is 6. The molecule has 0 aliphatic heterocycles. The Balaban J connectivity index is 0.00000400. The Hall–Kier alpha value is -0.840. The predicted octanol–water partition coefficient (Wildman–Crippen LogP) is -0.548. The SMILES string of the molecule is CCOC(=O)/C(C#N)=C(\[S-])SCC(=O)c1ccccc1.[Na+]. The molecule has 104 valence electrons. The third-order valence-corrected chi connectivity index (χ3v) is 3.66. The zero-order valence-corrected chi connectivity index (χ0v) is 15.4. The van der Waals surface area contributed by atoms with Gasteiger partial charge in [0, 0.05) is 5.56 Å². The van der Waals surface area contributed by atoms with Gasteiger partial charge in [0.1, 0.15) is 11.6 Å². The maximum Gasteiger partial charge on any atom is 1.00 e. The van der Waals surface area contributed by atoms with Gasteiger partial charge in [-0.1, -0.05) is 30.3 Å². The molecule has 0 aliphatic rings. The van der Waals surface area contributed by atoms with Crippen molar-refractivity contribution >= 4 is 36.1 Å². The van der Waals surface area contributed by atoms with E-state index in [2.05, 4.69) is 0 Å². The van der Waals surface area contributed by atoms with Crippen LogP contribution < -0.4 is 29.6 Å². The average Bonchev–Trinajstić information content (AvgIpc) is 2.46. The number of ketones is 1. The molecule has 21 heavy (non-hydrogen) atoms. The molecule has 0 aromatic heterocycles. The van der Waals surface area contributed by atoms with E-state index in [0.29, 0.717) is 5.56 Å². The second-order valence-electron chi connectivity index (χ2n) is 3.57. The fourth-order valence-corrected chi connectivity index (χ4v) is 2.30. The van der Waals surface area contributed by atoms with Gasteiger partial charge in [-0.2, -0.15) is 5.26 Å². The van der Waals surface area contributed by atoms with Crippen molar-refractivity contribution in [3.05, 3.63) is 45.7 Å². The van der Waals surface area contributed by atoms with Gasteiger partial charge in [0.25, 0.3) is 0 Å². The summed E-state index contributed by atoms with van der Waals surface area (Å²) < 4.78 is 4.80. The first-order valence-corrected chi connectivity index (χ1v) is 7.19. The summed E-state index contributed by atoms with van der Waals surface area (Å²) in [4.78, 5) is 23.3. The number of nitriles is 1. The van der Waals surface area contributed by atoms with Gasteiger partial charge in [-0.3, -0.25) is 4.79 Å². The third kappa shape index (κ3) is 6.64. The first-order valence-electron chi connectivity index (χ1n) is 5.79. The molecule has 0 N–H and O–H groups in total. The summed E-state index contributed by atoms with van der Waals surface area (Å²) in [6.07, 6.45) is 0. The summed E-state index contributed by atoms with van der Waals surface area (Å²) in [5, 5.41) is 8.90. The fourth-order valence-electron chi connectivity index (χ4n) is 1.29. The Bertz CT molecular complexity index is 567. The number of ether oxygens (including phenoxy) is 1. The van der Waals surface area contributed by atoms with Crippen molar-refractivity contribution in [1.29, 1.82) is 5.26 Å². The van der Waals surface area contributed by atoms with Crippen molar-refractivity contribution in [1.82, 2.24) is 0 Å². The van der Waals surface area contributed by atoms with Crippen LogP contribution >= 0.6 is 11.8 Å². The van der Waals surface area contributed by atoms with Crippen LogP contribution in [0.25, 0.3) is 0 Å². The van der Waals surface area contributed by atoms with Crippen LogP contribution in [0.3, 0.4) is 0 Å². The van der Waals surface area contributed by atoms with Crippen molar-refractivity contribution in [2.75, 3.05) is 12.4 Å². The second kappa shape index (κ2) is 10.8. The van der Waals surface area contributed by atoms with Gasteiger partial charge in [-0.25, -0.2) is 4.79 Å². The molecule has 1 aromatic rings. The third-order valence-electron chi connectivity index (χ3n) is 2.23. The molecular formula is C14H12NNaO3S2. The maximum atomic E-state index is 11.9. The molecule has 0 saturated carbocycles. The van der Waals surface area contributed by atoms with Crippen LogP contribution in [0.4, 0.5) is 0 Å². The Labute approximate surface area is 155 Å². The number of thioether (sulfide) groups is 1. The van der Waals surface area contributed by atoms with Gasteiger partial charge in [-0.05, 0) is 6.92 Å². The van der Waals surface area contributed by atoms with Crippen LogP contribution in [-0.2, 0) is 22.2 Å². The molecular weight excluding hydrogens is 317 g/mol. The number of carbonyl (C=O) groups is 2. The molecule has 4 nitrogen and oxygen atoms in total. The zero-order valence-electron chi connectivity index (χ0n) is 11.8. The molecule has 0 bridgehead atoms. The number of Topliss-reactive ketones (excluding diaryl/α,β-unsaturated/α-hetero) is 1. The summed E-state index contributed by atoms with van der Waals surface area (Å²) in [5.41, 5.74) is 0.338. The van der Waals surface area contributed by atoms with Crippen molar-refractivity contribution < 1.29 is 43.9 Å². The van der Waals surface area contributed by atoms with Gasteiger partial charge < -0.3 is 17.4 Å². The van der Waals surface area contributed by atoms with E-state index in [1.54, 1.807) is 37.3 Å². The summed E-state index contributed by atoms with van der Waals surface area (Å²) >= 11 is 5.97. The second-order valence-corrected chi connectivity index (χ2v) is 5.22. The summed E-state index contributed by atoms with van der Waals surface area (Å²) in [5.74, 6) is -0.785. The summed E-state index contributed by atoms with van der Waals surface area (Å²) in [7, 11) is 0. The number of hydrogen-bond donors (Lipinski definition) is 0. The van der Waals surface area contributed by atoms with Crippen LogP contribution in [0.1, 0.15) is 17.3 Å². The van der Waals surface area contributed by atoms with Crippen LogP contribution in [0.2, 0.25) is 0 Å². The Kier molecular flexibility index (Phi) is 10.4. The van der Waals surface area contributed by atoms with Crippen LogP contribution in [0, 0.1) is 11.3 Å². The van der Waals surface area contributed by atoms with Crippen molar-refractivity contribution in [3.63, 3.8) is 0 Å². The molecule has 0 spiro atoms. The predicted molar refractivity (Wildman–Crippen MR) is 79.9 cm³/mol. The molecule has 0 saturated heterocycles. The van der Waals surface area contributed by atoms with Crippen molar-refractivity contribution in [2.24, 2.45) is 0 Å². The topological polar surface area (TPSA) is 67.2 Å². The molecule has 0 heterocycles. The molecule has 0 fully saturated rings. The minimum atomic E-state index is -0.750. The van der Waals surface area contributed by atoms with E-state index in [4.69, 9.17) is 22.6 Å². The number of benzene rings is 1. The maximum absolute atomic E-state index is 11.9. The van der Waals surface area contributed by atoms with Crippen LogP contribution in [-0.4, -0.2) is 24.1 Å². The van der Waals surface area contributed by atoms with Gasteiger partial charge in [-0.15, -0.1) is 16.0 Å². The van der Waals surface area contributed by atoms with E-state index in [1.807, 2.05) is 6.07 Å². The molecule has 1 rings (SSSR count). The van der Waals surface area contributed by atoms with E-state index < -0.39 is 5.97 Å². The van der Waals surface area contributed by atoms with Crippen molar-refractivity contribution in [2.45, 2.75) is 6.92 Å². The molecule has 0 amide bonds. The molecule has 0 radical (unpaired) electrons. The van der Waals surface area contributed by atoms with Gasteiger partial charge in [0.05, 0.1) is 12.4 Å². The Morgan fingerprint density at radius 2 is 1.95 bits per heavy atom. The van der Waals surface area contributed by atoms with Crippen molar-refractivity contribution in [3.8, 4) is 6.07 Å². The molecule has 1 aromatic carbocycles. The summed E-state index contributed by atoms with van der Waals surface area (Å²) in [6.45, 7) is 1.81. The smallest absolute Gasteiger partial charge is 0.771 e. The fraction of sp³-hybridized carbons (Fsp3) is 0.214. The van der Waals surface area contributed by atoms with E-state index >= 15 is 0 Å². The molecule has 0 unspecified atom stereocenters. The zero-order chi connectivity index (χ0) is 15.0. The Morgan fingerprint density at radius 3 is 2.48 bits per heavy atom. The largest absolute Gasteiger partial charge is 1.00 e. The number of nitrogens with zero attached hydrogens (tertiary/aromatic N) is 1. The first kappa shape index (κ1) is 20.2. The number of carbonyl (C=O) groups excluding carboxylic acids is 2. The number of esters is 1. The van der Waals surface area contributed by atoms with Crippen LogP contribution in [0.5, 0.6) is 0 Å². The quantitative estimate of drug-likeness (QED) is 0.174. The summed E-state index contributed by atoms with van der Waals surface area (Å²) in [6, 6.07) is 10.5. The van der Waals surface area contributed by atoms with Gasteiger partial charge in [0.2, 0.25) is 0 Å². The van der Waals surface area contributed by atoms with Gasteiger partial charge in [0.15, 0.2) is 5.78 Å². The first-order chi connectivity index (χ1) is 9.60. The van der Waals surface area contributed by atoms with E-state index in [9.17, 15) is 9.59 Å². The molecule has 0 atom stereocenters. The minimum absolute atomic E-state index is 0. The monoisotopic (exact) mass is 329 g/mol. The molecule has 0 aliphatic carbocycles. The van der Waals surface area contributed by atoms with Crippen LogP contribution in [0.15, 0.2) is 40.1 Å².